The number of hydrogen-bond acceptors (Lipinski definition) is 8. The Bertz CT molecular complexity index is 1030. The first kappa shape index (κ1) is 26.5. The second-order valence-electron chi connectivity index (χ2n) is 9.60. The summed E-state index contributed by atoms with van der Waals surface area (Å²) in [5.74, 6) is -2.30. The molecule has 0 radical (unpaired) electrons. The molecule has 1 aromatic rings. The van der Waals surface area contributed by atoms with Crippen molar-refractivity contribution >= 4 is 28.2 Å². The zero-order valence-electron chi connectivity index (χ0n) is 19.7. The first-order chi connectivity index (χ1) is 14.9. The highest BCUT2D eigenvalue weighted by Gasteiger charge is 2.49. The predicted molar refractivity (Wildman–Crippen MR) is 118 cm³/mol. The van der Waals surface area contributed by atoms with Crippen LogP contribution in [-0.2, 0) is 25.0 Å². The van der Waals surface area contributed by atoms with Gasteiger partial charge >= 0.3 is 12.2 Å². The number of hydrogen-bond donors (Lipinski definition) is 1. The van der Waals surface area contributed by atoms with Gasteiger partial charge in [0.1, 0.15) is 28.3 Å². The molecule has 1 aromatic carbocycles. The van der Waals surface area contributed by atoms with Crippen LogP contribution in [0, 0.1) is 5.82 Å². The summed E-state index contributed by atoms with van der Waals surface area (Å²) in [7, 11) is -3.19. The van der Waals surface area contributed by atoms with Gasteiger partial charge in [-0.15, -0.1) is 4.90 Å². The average molecular weight is 488 g/mol. The molecule has 1 aliphatic heterocycles. The Balaban J connectivity index is 2.78. The van der Waals surface area contributed by atoms with E-state index in [1.54, 1.807) is 41.5 Å². The number of aliphatic hydroxyl groups is 1. The van der Waals surface area contributed by atoms with E-state index in [0.717, 1.165) is 13.1 Å². The van der Waals surface area contributed by atoms with E-state index in [1.165, 1.54) is 18.2 Å². The van der Waals surface area contributed by atoms with Crippen molar-refractivity contribution in [3.63, 3.8) is 0 Å². The van der Waals surface area contributed by atoms with Crippen LogP contribution in [0.25, 0.3) is 0 Å². The minimum Gasteiger partial charge on any atom is -0.443 e. The van der Waals surface area contributed by atoms with Crippen molar-refractivity contribution in [3.8, 4) is 0 Å². The molecule has 0 saturated carbocycles. The minimum absolute atomic E-state index is 0.213. The molecule has 1 unspecified atom stereocenters. The van der Waals surface area contributed by atoms with Crippen molar-refractivity contribution in [2.75, 3.05) is 19.4 Å². The highest BCUT2D eigenvalue weighted by atomic mass is 32.2. The van der Waals surface area contributed by atoms with Crippen molar-refractivity contribution in [3.05, 3.63) is 35.6 Å². The molecular weight excluding hydrogens is 457 g/mol. The number of amides is 2. The molecule has 0 bridgehead atoms. The number of benzene rings is 1. The van der Waals surface area contributed by atoms with Gasteiger partial charge in [-0.2, -0.15) is 0 Å². The van der Waals surface area contributed by atoms with Crippen LogP contribution in [0.2, 0.25) is 0 Å². The molecule has 1 aliphatic rings. The summed E-state index contributed by atoms with van der Waals surface area (Å²) in [6.45, 7) is 8.41. The van der Waals surface area contributed by atoms with Crippen molar-refractivity contribution in [1.82, 2.24) is 9.21 Å². The summed E-state index contributed by atoms with van der Waals surface area (Å²) in [4.78, 5) is 30.6. The van der Waals surface area contributed by atoms with Gasteiger partial charge in [-0.25, -0.2) is 31.7 Å². The van der Waals surface area contributed by atoms with Crippen LogP contribution in [0.5, 0.6) is 0 Å². The number of carbonyl (C=O) groups is 2. The van der Waals surface area contributed by atoms with Gasteiger partial charge in [0, 0.05) is 12.6 Å². The fourth-order valence-electron chi connectivity index (χ4n) is 3.00. The first-order valence-corrected chi connectivity index (χ1v) is 11.7. The molecule has 0 aliphatic carbocycles. The lowest BCUT2D eigenvalue weighted by molar-refractivity contribution is 0.0131. The fraction of sp³-hybridized carbons (Fsp3) is 0.571. The third-order valence-electron chi connectivity index (χ3n) is 4.42. The normalized spacial score (nSPS) is 20.6. The Morgan fingerprint density at radius 2 is 1.61 bits per heavy atom. The molecule has 33 heavy (non-hydrogen) atoms. The van der Waals surface area contributed by atoms with Crippen LogP contribution >= 0.6 is 0 Å². The molecule has 0 fully saturated rings. The van der Waals surface area contributed by atoms with E-state index in [2.05, 4.69) is 4.99 Å². The number of guanidine groups is 1. The summed E-state index contributed by atoms with van der Waals surface area (Å²) in [5, 5.41) is 10.2. The summed E-state index contributed by atoms with van der Waals surface area (Å²) in [5.41, 5.74) is -4.34. The molecule has 12 heteroatoms. The Morgan fingerprint density at radius 1 is 1.12 bits per heavy atom. The highest BCUT2D eigenvalue weighted by molar-refractivity contribution is 7.89. The zero-order chi connectivity index (χ0) is 25.4. The number of imide groups is 1. The summed E-state index contributed by atoms with van der Waals surface area (Å²) >= 11 is 0. The number of rotatable bonds is 2. The maximum Gasteiger partial charge on any atom is 0.427 e. The van der Waals surface area contributed by atoms with Gasteiger partial charge in [-0.1, -0.05) is 18.2 Å². The van der Waals surface area contributed by atoms with E-state index in [4.69, 9.17) is 9.47 Å². The topological polar surface area (TPSA) is 126 Å². The van der Waals surface area contributed by atoms with E-state index >= 15 is 0 Å². The van der Waals surface area contributed by atoms with Crippen molar-refractivity contribution in [1.29, 1.82) is 0 Å². The van der Waals surface area contributed by atoms with E-state index in [-0.39, 0.29) is 5.56 Å². The maximum atomic E-state index is 14.7. The number of aliphatic hydroxyl groups excluding tert-OH is 1. The van der Waals surface area contributed by atoms with Crippen molar-refractivity contribution < 1.29 is 37.0 Å². The van der Waals surface area contributed by atoms with E-state index in [0.29, 0.717) is 9.21 Å². The lowest BCUT2D eigenvalue weighted by Crippen LogP contribution is -2.59. The second kappa shape index (κ2) is 8.90. The van der Waals surface area contributed by atoms with E-state index in [1.807, 2.05) is 0 Å². The molecule has 1 N–H and O–H groups in total. The van der Waals surface area contributed by atoms with Crippen LogP contribution in [0.1, 0.15) is 47.1 Å². The Morgan fingerprint density at radius 3 is 2.03 bits per heavy atom. The molecule has 1 atom stereocenters. The second-order valence-corrected chi connectivity index (χ2v) is 11.6. The average Bonchev–Trinajstić information content (AvgIpc) is 2.62. The molecular formula is C21H30FN3O7S. The van der Waals surface area contributed by atoms with E-state index < -0.39 is 63.1 Å². The number of ether oxygens (including phenoxy) is 2. The number of nitrogens with zero attached hydrogens (tertiary/aromatic N) is 3. The van der Waals surface area contributed by atoms with Gasteiger partial charge in [0.05, 0.1) is 6.61 Å². The molecule has 2 rings (SSSR count). The largest absolute Gasteiger partial charge is 0.443 e. The first-order valence-electron chi connectivity index (χ1n) is 10.1. The summed E-state index contributed by atoms with van der Waals surface area (Å²) < 4.78 is 51.9. The Hall–Kier alpha value is -2.73. The smallest absolute Gasteiger partial charge is 0.427 e. The molecule has 184 valence electrons. The fourth-order valence-corrected chi connectivity index (χ4v) is 4.48. The number of carbonyl (C=O) groups excluding carboxylic acids is 2. The van der Waals surface area contributed by atoms with Gasteiger partial charge < -0.3 is 14.6 Å². The Labute approximate surface area is 193 Å². The summed E-state index contributed by atoms with van der Waals surface area (Å²) in [6, 6.07) is 5.21. The minimum atomic E-state index is -4.28. The molecule has 0 aromatic heterocycles. The number of sulfonamides is 1. The molecule has 0 spiro atoms. The maximum absolute atomic E-state index is 14.7. The van der Waals surface area contributed by atoms with Gasteiger partial charge in [-0.05, 0) is 47.6 Å². The molecule has 1 heterocycles. The lowest BCUT2D eigenvalue weighted by atomic mass is 9.93. The van der Waals surface area contributed by atoms with Gasteiger partial charge in [0.25, 0.3) is 0 Å². The molecule has 0 saturated heterocycles. The Kier molecular flexibility index (Phi) is 7.15. The molecule has 10 nitrogen and oxygen atoms in total. The third-order valence-corrected chi connectivity index (χ3v) is 6.26. The predicted octanol–water partition coefficient (Wildman–Crippen LogP) is 2.82. The van der Waals surface area contributed by atoms with Crippen LogP contribution in [0.3, 0.4) is 0 Å². The van der Waals surface area contributed by atoms with Crippen molar-refractivity contribution in [2.45, 2.75) is 58.3 Å². The zero-order valence-corrected chi connectivity index (χ0v) is 20.6. The number of halogens is 1. The third kappa shape index (κ3) is 5.99. The van der Waals surface area contributed by atoms with Gasteiger partial charge in [0.2, 0.25) is 16.0 Å². The monoisotopic (exact) mass is 487 g/mol. The lowest BCUT2D eigenvalue weighted by Gasteiger charge is -2.39. The van der Waals surface area contributed by atoms with Crippen LogP contribution < -0.4 is 0 Å². The van der Waals surface area contributed by atoms with Gasteiger partial charge in [0.15, 0.2) is 0 Å². The van der Waals surface area contributed by atoms with Crippen LogP contribution in [0.4, 0.5) is 14.0 Å². The summed E-state index contributed by atoms with van der Waals surface area (Å²) in [6.07, 6.45) is -2.50. The highest BCUT2D eigenvalue weighted by Crippen LogP contribution is 2.35. The number of aliphatic imine (C=N–C) groups is 1. The van der Waals surface area contributed by atoms with Gasteiger partial charge in [-0.3, -0.25) is 0 Å². The van der Waals surface area contributed by atoms with Crippen LogP contribution in [-0.4, -0.2) is 71.5 Å². The van der Waals surface area contributed by atoms with Crippen molar-refractivity contribution in [2.24, 2.45) is 4.99 Å². The van der Waals surface area contributed by atoms with E-state index in [9.17, 15) is 27.5 Å². The SMILES string of the molecule is CN1C(N(C(=O)OC(C)(C)C)C(=O)OC(C)(C)C)=NC(CO)(c2ccccc2F)CS1(=O)=O. The molecule has 2 amide bonds. The van der Waals surface area contributed by atoms with Crippen LogP contribution in [0.15, 0.2) is 29.3 Å². The quantitative estimate of drug-likeness (QED) is 0.680. The standard InChI is InChI=1S/C21H30FN3O7S/c1-19(2,3)31-17(27)25(18(28)32-20(4,5)6)16-23-21(12-26,13-33(29,30)24(16)7)14-10-8-9-11-15(14)22/h8-11,26H,12-13H2,1-7H3.